The van der Waals surface area contributed by atoms with Gasteiger partial charge in [-0.25, -0.2) is 0 Å². The van der Waals surface area contributed by atoms with Crippen molar-refractivity contribution >= 4 is 0 Å². The molecule has 1 rings (SSSR count). The molecule has 0 unspecified atom stereocenters. The summed E-state index contributed by atoms with van der Waals surface area (Å²) < 4.78 is 0. The third-order valence-corrected chi connectivity index (χ3v) is 5.31. The van der Waals surface area contributed by atoms with Gasteiger partial charge in [0.2, 0.25) is 0 Å². The summed E-state index contributed by atoms with van der Waals surface area (Å²) in [6, 6.07) is 8.85. The summed E-state index contributed by atoms with van der Waals surface area (Å²) in [5.41, 5.74) is 3.01. The molecule has 0 nitrogen and oxygen atoms in total. The van der Waals surface area contributed by atoms with E-state index >= 15 is 0 Å². The number of unbranched alkanes of at least 4 members (excludes halogenated alkanes) is 14. The zero-order valence-corrected chi connectivity index (χ0v) is 16.6. The molecule has 0 radical (unpaired) electrons. The molecule has 0 spiro atoms. The predicted molar refractivity (Wildman–Crippen MR) is 110 cm³/mol. The number of aryl methyl sites for hydroxylation is 2. The van der Waals surface area contributed by atoms with E-state index in [0.29, 0.717) is 0 Å². The molecule has 24 heavy (non-hydrogen) atoms. The minimum absolute atomic E-state index is 1.27. The van der Waals surface area contributed by atoms with Crippen molar-refractivity contribution in [2.24, 2.45) is 0 Å². The molecular formula is C24H42. The maximum Gasteiger partial charge on any atom is -0.0276 e. The van der Waals surface area contributed by atoms with Crippen molar-refractivity contribution in [3.05, 3.63) is 35.4 Å². The van der Waals surface area contributed by atoms with E-state index in [0.717, 1.165) is 0 Å². The smallest absolute Gasteiger partial charge is 0.0276 e. The van der Waals surface area contributed by atoms with Crippen LogP contribution in [0.15, 0.2) is 24.3 Å². The summed E-state index contributed by atoms with van der Waals surface area (Å²) in [6.07, 6.45) is 22.9. The van der Waals surface area contributed by atoms with E-state index in [2.05, 4.69) is 38.1 Å². The highest BCUT2D eigenvalue weighted by molar-refractivity contribution is 5.25. The third kappa shape index (κ3) is 11.7. The fraction of sp³-hybridized carbons (Fsp3) is 0.750. The molecule has 0 N–H and O–H groups in total. The van der Waals surface area contributed by atoms with Gasteiger partial charge >= 0.3 is 0 Å². The normalized spacial score (nSPS) is 11.1. The summed E-state index contributed by atoms with van der Waals surface area (Å²) in [5.74, 6) is 0. The van der Waals surface area contributed by atoms with E-state index in [-0.39, 0.29) is 0 Å². The number of hydrogen-bond donors (Lipinski definition) is 0. The molecule has 138 valence electrons. The summed E-state index contributed by atoms with van der Waals surface area (Å²) in [4.78, 5) is 0. The van der Waals surface area contributed by atoms with E-state index in [1.54, 1.807) is 5.56 Å². The summed E-state index contributed by atoms with van der Waals surface area (Å²) >= 11 is 0. The van der Waals surface area contributed by atoms with Crippen molar-refractivity contribution in [2.75, 3.05) is 0 Å². The zero-order chi connectivity index (χ0) is 17.3. The lowest BCUT2D eigenvalue weighted by Crippen LogP contribution is -1.89. The van der Waals surface area contributed by atoms with Crippen molar-refractivity contribution in [1.29, 1.82) is 0 Å². The third-order valence-electron chi connectivity index (χ3n) is 5.31. The summed E-state index contributed by atoms with van der Waals surface area (Å²) in [7, 11) is 0. The van der Waals surface area contributed by atoms with Gasteiger partial charge in [-0.1, -0.05) is 121 Å². The van der Waals surface area contributed by atoms with E-state index in [4.69, 9.17) is 0 Å². The van der Waals surface area contributed by atoms with Crippen molar-refractivity contribution in [2.45, 2.75) is 117 Å². The molecule has 1 aromatic rings. The SMILES string of the molecule is CCCCCCCCCCCCCCCCCc1ccccc1C. The highest BCUT2D eigenvalue weighted by Gasteiger charge is 1.97. The van der Waals surface area contributed by atoms with Crippen LogP contribution in [0.1, 0.15) is 114 Å². The first-order valence-electron chi connectivity index (χ1n) is 10.9. The van der Waals surface area contributed by atoms with Crippen LogP contribution < -0.4 is 0 Å². The average molecular weight is 331 g/mol. The van der Waals surface area contributed by atoms with Gasteiger partial charge in [0.15, 0.2) is 0 Å². The van der Waals surface area contributed by atoms with Crippen LogP contribution in [-0.2, 0) is 6.42 Å². The molecule has 0 aliphatic heterocycles. The van der Waals surface area contributed by atoms with Gasteiger partial charge in [0.05, 0.1) is 0 Å². The molecule has 1 aromatic carbocycles. The second-order valence-corrected chi connectivity index (χ2v) is 7.63. The van der Waals surface area contributed by atoms with Crippen LogP contribution in [0, 0.1) is 6.92 Å². The Kier molecular flexibility index (Phi) is 13.9. The topological polar surface area (TPSA) is 0 Å². The Morgan fingerprint density at radius 3 is 1.42 bits per heavy atom. The largest absolute Gasteiger partial charge is 0.0654 e. The molecule has 0 aromatic heterocycles. The van der Waals surface area contributed by atoms with Crippen LogP contribution in [0.4, 0.5) is 0 Å². The molecule has 0 saturated heterocycles. The molecule has 0 saturated carbocycles. The first-order valence-corrected chi connectivity index (χ1v) is 10.9. The van der Waals surface area contributed by atoms with Gasteiger partial charge in [0.25, 0.3) is 0 Å². The zero-order valence-electron chi connectivity index (χ0n) is 16.6. The van der Waals surface area contributed by atoms with Gasteiger partial charge in [0.1, 0.15) is 0 Å². The maximum atomic E-state index is 2.30. The van der Waals surface area contributed by atoms with E-state index in [1.807, 2.05) is 0 Å². The lowest BCUT2D eigenvalue weighted by molar-refractivity contribution is 0.532. The van der Waals surface area contributed by atoms with Crippen molar-refractivity contribution in [3.8, 4) is 0 Å². The minimum atomic E-state index is 1.27. The Morgan fingerprint density at radius 1 is 0.542 bits per heavy atom. The van der Waals surface area contributed by atoms with Crippen LogP contribution >= 0.6 is 0 Å². The molecule has 0 fully saturated rings. The molecule has 0 heteroatoms. The molecule has 0 atom stereocenters. The van der Waals surface area contributed by atoms with Gasteiger partial charge in [-0.3, -0.25) is 0 Å². The Labute approximate surface area is 152 Å². The Bertz CT molecular complexity index is 379. The van der Waals surface area contributed by atoms with Crippen LogP contribution in [0.2, 0.25) is 0 Å². The number of hydrogen-bond acceptors (Lipinski definition) is 0. The van der Waals surface area contributed by atoms with E-state index in [9.17, 15) is 0 Å². The first kappa shape index (κ1) is 21.3. The van der Waals surface area contributed by atoms with Gasteiger partial charge in [-0.05, 0) is 30.9 Å². The summed E-state index contributed by atoms with van der Waals surface area (Å²) in [5, 5.41) is 0. The number of benzene rings is 1. The highest BCUT2D eigenvalue weighted by Crippen LogP contribution is 2.15. The van der Waals surface area contributed by atoms with Crippen molar-refractivity contribution < 1.29 is 0 Å². The second-order valence-electron chi connectivity index (χ2n) is 7.63. The van der Waals surface area contributed by atoms with Gasteiger partial charge in [-0.15, -0.1) is 0 Å². The van der Waals surface area contributed by atoms with Gasteiger partial charge in [-0.2, -0.15) is 0 Å². The fourth-order valence-corrected chi connectivity index (χ4v) is 3.58. The minimum Gasteiger partial charge on any atom is -0.0654 e. The van der Waals surface area contributed by atoms with E-state index in [1.165, 1.54) is 108 Å². The molecule has 0 heterocycles. The molecule has 0 bridgehead atoms. The fourth-order valence-electron chi connectivity index (χ4n) is 3.58. The Morgan fingerprint density at radius 2 is 0.958 bits per heavy atom. The Hall–Kier alpha value is -0.780. The van der Waals surface area contributed by atoms with Crippen molar-refractivity contribution in [3.63, 3.8) is 0 Å². The highest BCUT2D eigenvalue weighted by atomic mass is 14.0. The molecular weight excluding hydrogens is 288 g/mol. The van der Waals surface area contributed by atoms with Crippen molar-refractivity contribution in [1.82, 2.24) is 0 Å². The van der Waals surface area contributed by atoms with Crippen LogP contribution in [0.5, 0.6) is 0 Å². The lowest BCUT2D eigenvalue weighted by Gasteiger charge is -2.05. The quantitative estimate of drug-likeness (QED) is 0.267. The number of rotatable bonds is 16. The van der Waals surface area contributed by atoms with Gasteiger partial charge in [0, 0.05) is 0 Å². The average Bonchev–Trinajstić information content (AvgIpc) is 2.60. The molecule has 0 aliphatic rings. The first-order chi connectivity index (χ1) is 11.8. The second kappa shape index (κ2) is 15.7. The van der Waals surface area contributed by atoms with E-state index < -0.39 is 0 Å². The lowest BCUT2D eigenvalue weighted by atomic mass is 10.0. The van der Waals surface area contributed by atoms with Crippen LogP contribution in [0.25, 0.3) is 0 Å². The molecule has 0 aliphatic carbocycles. The Balaban J connectivity index is 1.77. The maximum absolute atomic E-state index is 2.30. The van der Waals surface area contributed by atoms with Crippen LogP contribution in [0.3, 0.4) is 0 Å². The summed E-state index contributed by atoms with van der Waals surface area (Å²) in [6.45, 7) is 4.53. The molecule has 0 amide bonds. The standard InChI is InChI=1S/C24H42/c1-3-4-5-6-7-8-9-10-11-12-13-14-15-16-17-21-24-22-19-18-20-23(24)2/h18-20,22H,3-17,21H2,1-2H3. The monoisotopic (exact) mass is 330 g/mol. The van der Waals surface area contributed by atoms with Gasteiger partial charge < -0.3 is 0 Å². The van der Waals surface area contributed by atoms with Crippen LogP contribution in [-0.4, -0.2) is 0 Å². The predicted octanol–water partition coefficient (Wildman–Crippen LogP) is 8.41.